The van der Waals surface area contributed by atoms with E-state index < -0.39 is 0 Å². The lowest BCUT2D eigenvalue weighted by Gasteiger charge is -2.37. The first kappa shape index (κ1) is 31.8. The molecule has 0 amide bonds. The molecular formula is C52H38N2. The van der Waals surface area contributed by atoms with Crippen LogP contribution >= 0.6 is 0 Å². The third-order valence-corrected chi connectivity index (χ3v) is 11.2. The molecular weight excluding hydrogens is 653 g/mol. The number of allylic oxidation sites excluding steroid dienone is 3. The number of hydrogen-bond donors (Lipinski definition) is 1. The van der Waals surface area contributed by atoms with Gasteiger partial charge in [0.25, 0.3) is 0 Å². The highest BCUT2D eigenvalue weighted by molar-refractivity contribution is 6.15. The molecule has 2 heteroatoms. The van der Waals surface area contributed by atoms with Gasteiger partial charge in [0.2, 0.25) is 0 Å². The van der Waals surface area contributed by atoms with Gasteiger partial charge in [0.05, 0.1) is 5.69 Å². The Balaban J connectivity index is 1.05. The Hall–Kier alpha value is -6.90. The average Bonchev–Trinajstić information content (AvgIpc) is 3.25. The zero-order chi connectivity index (χ0) is 35.9. The van der Waals surface area contributed by atoms with Crippen molar-refractivity contribution in [2.75, 3.05) is 10.2 Å². The second kappa shape index (κ2) is 13.3. The molecule has 2 nitrogen and oxygen atoms in total. The molecule has 1 aliphatic rings. The monoisotopic (exact) mass is 690 g/mol. The molecule has 0 spiro atoms. The molecule has 0 fully saturated rings. The molecule has 0 heterocycles. The van der Waals surface area contributed by atoms with Crippen LogP contribution in [0.15, 0.2) is 218 Å². The highest BCUT2D eigenvalue weighted by Gasteiger charge is 2.34. The number of rotatable bonds is 7. The van der Waals surface area contributed by atoms with Gasteiger partial charge >= 0.3 is 0 Å². The van der Waals surface area contributed by atoms with E-state index in [1.807, 2.05) is 0 Å². The average molecular weight is 691 g/mol. The van der Waals surface area contributed by atoms with Crippen LogP contribution in [0, 0.1) is 0 Å². The van der Waals surface area contributed by atoms with Crippen molar-refractivity contribution >= 4 is 65.8 Å². The molecule has 54 heavy (non-hydrogen) atoms. The SMILES string of the molecule is C1=CC(c2ccccc2)(c2ccc(Nc3cc4ccccc4c4ccccc34)cc2)CC=C1N(c1ccccc1)c1cc2ccccc2c2ccccc12. The summed E-state index contributed by atoms with van der Waals surface area (Å²) in [7, 11) is 0. The molecule has 9 aromatic rings. The fourth-order valence-corrected chi connectivity index (χ4v) is 8.51. The summed E-state index contributed by atoms with van der Waals surface area (Å²) >= 11 is 0. The molecule has 1 atom stereocenters. The van der Waals surface area contributed by atoms with Crippen LogP contribution in [0.4, 0.5) is 22.7 Å². The predicted molar refractivity (Wildman–Crippen MR) is 230 cm³/mol. The van der Waals surface area contributed by atoms with E-state index in [1.165, 1.54) is 59.9 Å². The third kappa shape index (κ3) is 5.43. The lowest BCUT2D eigenvalue weighted by Crippen LogP contribution is -2.28. The highest BCUT2D eigenvalue weighted by atomic mass is 15.1. The van der Waals surface area contributed by atoms with E-state index in [0.717, 1.165) is 29.2 Å². The molecule has 10 rings (SSSR count). The Morgan fingerprint density at radius 1 is 0.444 bits per heavy atom. The van der Waals surface area contributed by atoms with Crippen molar-refractivity contribution in [3.63, 3.8) is 0 Å². The third-order valence-electron chi connectivity index (χ3n) is 11.2. The Bertz CT molecular complexity index is 2870. The number of anilines is 4. The van der Waals surface area contributed by atoms with Crippen molar-refractivity contribution in [2.24, 2.45) is 0 Å². The molecule has 1 aliphatic carbocycles. The van der Waals surface area contributed by atoms with Crippen LogP contribution in [0.5, 0.6) is 0 Å². The minimum Gasteiger partial charge on any atom is -0.355 e. The minimum absolute atomic E-state index is 0.327. The van der Waals surface area contributed by atoms with E-state index in [2.05, 4.69) is 223 Å². The second-order valence-electron chi connectivity index (χ2n) is 14.2. The molecule has 1 unspecified atom stereocenters. The number of hydrogen-bond acceptors (Lipinski definition) is 2. The van der Waals surface area contributed by atoms with Gasteiger partial charge in [0.1, 0.15) is 0 Å². The molecule has 0 saturated carbocycles. The molecule has 0 bridgehead atoms. The zero-order valence-electron chi connectivity index (χ0n) is 29.9. The summed E-state index contributed by atoms with van der Waals surface area (Å²) in [5.41, 5.74) is 7.87. The van der Waals surface area contributed by atoms with Gasteiger partial charge in [0.15, 0.2) is 0 Å². The largest absolute Gasteiger partial charge is 0.355 e. The molecule has 0 aromatic heterocycles. The maximum Gasteiger partial charge on any atom is 0.0546 e. The molecule has 0 saturated heterocycles. The Labute approximate surface area is 316 Å². The Kier molecular flexibility index (Phi) is 7.81. The fourth-order valence-electron chi connectivity index (χ4n) is 8.51. The summed E-state index contributed by atoms with van der Waals surface area (Å²) in [6, 6.07) is 70.2. The van der Waals surface area contributed by atoms with Crippen LogP contribution in [0.25, 0.3) is 43.1 Å². The van der Waals surface area contributed by atoms with E-state index in [0.29, 0.717) is 0 Å². The van der Waals surface area contributed by atoms with Gasteiger partial charge in [-0.05, 0) is 92.3 Å². The van der Waals surface area contributed by atoms with E-state index >= 15 is 0 Å². The van der Waals surface area contributed by atoms with Crippen LogP contribution in [0.3, 0.4) is 0 Å². The molecule has 256 valence electrons. The van der Waals surface area contributed by atoms with Crippen molar-refractivity contribution in [2.45, 2.75) is 11.8 Å². The lowest BCUT2D eigenvalue weighted by molar-refractivity contribution is 0.642. The Morgan fingerprint density at radius 2 is 0.963 bits per heavy atom. The number of fused-ring (bicyclic) bond motifs is 6. The maximum absolute atomic E-state index is 3.77. The maximum atomic E-state index is 3.77. The van der Waals surface area contributed by atoms with E-state index in [4.69, 9.17) is 0 Å². The van der Waals surface area contributed by atoms with Gasteiger partial charge in [0, 0.05) is 38.9 Å². The number of nitrogens with zero attached hydrogens (tertiary/aromatic N) is 1. The van der Waals surface area contributed by atoms with Gasteiger partial charge in [-0.15, -0.1) is 0 Å². The molecule has 1 N–H and O–H groups in total. The van der Waals surface area contributed by atoms with Crippen molar-refractivity contribution in [1.82, 2.24) is 0 Å². The molecule has 0 radical (unpaired) electrons. The summed E-state index contributed by atoms with van der Waals surface area (Å²) in [6.07, 6.45) is 8.01. The van der Waals surface area contributed by atoms with E-state index in [-0.39, 0.29) is 5.41 Å². The van der Waals surface area contributed by atoms with Crippen molar-refractivity contribution in [1.29, 1.82) is 0 Å². The van der Waals surface area contributed by atoms with Crippen LogP contribution in [-0.2, 0) is 5.41 Å². The van der Waals surface area contributed by atoms with Gasteiger partial charge in [-0.2, -0.15) is 0 Å². The van der Waals surface area contributed by atoms with Crippen LogP contribution in [0.2, 0.25) is 0 Å². The topological polar surface area (TPSA) is 15.3 Å². The lowest BCUT2D eigenvalue weighted by atomic mass is 9.70. The minimum atomic E-state index is -0.327. The van der Waals surface area contributed by atoms with Crippen LogP contribution in [-0.4, -0.2) is 0 Å². The summed E-state index contributed by atoms with van der Waals surface area (Å²) in [4.78, 5) is 2.43. The number of para-hydroxylation sites is 1. The first-order chi connectivity index (χ1) is 26.7. The first-order valence-corrected chi connectivity index (χ1v) is 18.7. The van der Waals surface area contributed by atoms with Crippen LogP contribution < -0.4 is 10.2 Å². The van der Waals surface area contributed by atoms with Gasteiger partial charge in [-0.1, -0.05) is 170 Å². The van der Waals surface area contributed by atoms with Crippen molar-refractivity contribution < 1.29 is 0 Å². The smallest absolute Gasteiger partial charge is 0.0546 e. The highest BCUT2D eigenvalue weighted by Crippen LogP contribution is 2.45. The fraction of sp³-hybridized carbons (Fsp3) is 0.0385. The van der Waals surface area contributed by atoms with Gasteiger partial charge in [-0.3, -0.25) is 0 Å². The molecule has 0 aliphatic heterocycles. The number of benzene rings is 9. The predicted octanol–water partition coefficient (Wildman–Crippen LogP) is 14.0. The summed E-state index contributed by atoms with van der Waals surface area (Å²) < 4.78 is 0. The summed E-state index contributed by atoms with van der Waals surface area (Å²) in [6.45, 7) is 0. The quantitative estimate of drug-likeness (QED) is 0.168. The summed E-state index contributed by atoms with van der Waals surface area (Å²) in [5.74, 6) is 0. The Morgan fingerprint density at radius 3 is 1.61 bits per heavy atom. The van der Waals surface area contributed by atoms with E-state index in [1.54, 1.807) is 0 Å². The van der Waals surface area contributed by atoms with Crippen molar-refractivity contribution in [3.05, 3.63) is 229 Å². The number of nitrogens with one attached hydrogen (secondary N) is 1. The van der Waals surface area contributed by atoms with Crippen molar-refractivity contribution in [3.8, 4) is 0 Å². The van der Waals surface area contributed by atoms with Gasteiger partial charge < -0.3 is 10.2 Å². The van der Waals surface area contributed by atoms with Crippen LogP contribution in [0.1, 0.15) is 17.5 Å². The second-order valence-corrected chi connectivity index (χ2v) is 14.2. The first-order valence-electron chi connectivity index (χ1n) is 18.7. The van der Waals surface area contributed by atoms with Gasteiger partial charge in [-0.25, -0.2) is 0 Å². The standard InChI is InChI=1S/C52H38N2/c1-3-17-39(18-4-1)52(40-27-29-41(30-28-40)53-50-35-37-15-7-9-21-44(37)46-23-11-13-25-48(46)50)33-31-43(32-34-52)54(42-19-5-2-6-20-42)51-36-38-16-8-10-22-45(38)47-24-12-14-26-49(47)51/h1-33,35-36,53H,34H2. The van der Waals surface area contributed by atoms with E-state index in [9.17, 15) is 0 Å². The molecule has 9 aromatic carbocycles. The summed E-state index contributed by atoms with van der Waals surface area (Å²) in [5, 5.41) is 13.7. The normalized spacial score (nSPS) is 15.4. The zero-order valence-corrected chi connectivity index (χ0v) is 29.9.